The Kier molecular flexibility index (Phi) is 6.58. The molecule has 2 aliphatic rings. The molecule has 1 aliphatic heterocycles. The monoisotopic (exact) mass is 511 g/mol. The maximum atomic E-state index is 14.0. The lowest BCUT2D eigenvalue weighted by molar-refractivity contribution is -0.137. The highest BCUT2D eigenvalue weighted by Gasteiger charge is 2.60. The summed E-state index contributed by atoms with van der Waals surface area (Å²) in [6.45, 7) is 2.45. The standard InChI is InChI=1S/C23H21F4N5O2.ClH/c24-19-17(3-1-8-28-19)18-20(33)29-21(34)32(30-18)10-2-9-31-12-16-11-22(16,13-31)14-4-6-15(7-5-14)23(25,26)27;/h1,3-8,16H,2,9-13H2,(H,29,33,34);1H/t16-,22+;/m0./s1. The van der Waals surface area contributed by atoms with E-state index in [0.29, 0.717) is 18.9 Å². The summed E-state index contributed by atoms with van der Waals surface area (Å²) >= 11 is 0. The van der Waals surface area contributed by atoms with E-state index in [1.165, 1.54) is 18.3 Å². The Hall–Kier alpha value is -3.05. The van der Waals surface area contributed by atoms with Gasteiger partial charge in [-0.15, -0.1) is 12.4 Å². The van der Waals surface area contributed by atoms with Crippen LogP contribution >= 0.6 is 12.4 Å². The minimum absolute atomic E-state index is 0. The fourth-order valence-electron chi connectivity index (χ4n) is 4.96. The van der Waals surface area contributed by atoms with Crippen molar-refractivity contribution in [3.63, 3.8) is 0 Å². The summed E-state index contributed by atoms with van der Waals surface area (Å²) in [4.78, 5) is 32.2. The van der Waals surface area contributed by atoms with Gasteiger partial charge in [-0.3, -0.25) is 9.78 Å². The van der Waals surface area contributed by atoms with Gasteiger partial charge in [-0.05, 0) is 55.1 Å². The molecule has 3 heterocycles. The fourth-order valence-corrected chi connectivity index (χ4v) is 4.96. The second kappa shape index (κ2) is 9.19. The minimum Gasteiger partial charge on any atom is -0.302 e. The number of nitrogens with zero attached hydrogens (tertiary/aromatic N) is 4. The van der Waals surface area contributed by atoms with Crippen molar-refractivity contribution in [1.29, 1.82) is 0 Å². The molecule has 7 nitrogen and oxygen atoms in total. The average Bonchev–Trinajstić information content (AvgIpc) is 3.37. The van der Waals surface area contributed by atoms with Gasteiger partial charge in [0.1, 0.15) is 0 Å². The maximum absolute atomic E-state index is 14.0. The summed E-state index contributed by atoms with van der Waals surface area (Å²) in [5, 5.41) is 4.05. The molecular formula is C23H22ClF4N5O2. The van der Waals surface area contributed by atoms with E-state index >= 15 is 0 Å². The molecule has 12 heteroatoms. The summed E-state index contributed by atoms with van der Waals surface area (Å²) in [6.07, 6.45) is -1.59. The number of benzene rings is 1. The number of hydrogen-bond acceptors (Lipinski definition) is 5. The van der Waals surface area contributed by atoms with Gasteiger partial charge in [0.05, 0.1) is 11.1 Å². The van der Waals surface area contributed by atoms with Crippen LogP contribution < -0.4 is 11.2 Å². The third-order valence-electron chi connectivity index (χ3n) is 6.75. The molecule has 0 amide bonds. The summed E-state index contributed by atoms with van der Waals surface area (Å²) < 4.78 is 53.7. The van der Waals surface area contributed by atoms with Crippen molar-refractivity contribution < 1.29 is 17.6 Å². The summed E-state index contributed by atoms with van der Waals surface area (Å²) in [6, 6.07) is 8.27. The van der Waals surface area contributed by atoms with Gasteiger partial charge in [0.15, 0.2) is 5.69 Å². The van der Waals surface area contributed by atoms with Crippen LogP contribution in [0.4, 0.5) is 17.6 Å². The number of hydrogen-bond donors (Lipinski definition) is 1. The van der Waals surface area contributed by atoms with Crippen LogP contribution in [0.1, 0.15) is 24.0 Å². The van der Waals surface area contributed by atoms with Gasteiger partial charge in [0.2, 0.25) is 5.95 Å². The molecule has 5 rings (SSSR count). The molecule has 2 fully saturated rings. The molecule has 186 valence electrons. The van der Waals surface area contributed by atoms with E-state index in [4.69, 9.17) is 0 Å². The largest absolute Gasteiger partial charge is 0.416 e. The van der Waals surface area contributed by atoms with Gasteiger partial charge in [-0.1, -0.05) is 12.1 Å². The number of aromatic nitrogens is 4. The fraction of sp³-hybridized carbons (Fsp3) is 0.391. The molecule has 2 aromatic heterocycles. The molecule has 1 aliphatic carbocycles. The van der Waals surface area contributed by atoms with Crippen molar-refractivity contribution in [3.8, 4) is 11.3 Å². The lowest BCUT2D eigenvalue weighted by Gasteiger charge is -2.21. The Balaban J connectivity index is 0.00000289. The van der Waals surface area contributed by atoms with E-state index < -0.39 is 28.9 Å². The van der Waals surface area contributed by atoms with Crippen LogP contribution in [0.25, 0.3) is 11.3 Å². The van der Waals surface area contributed by atoms with Crippen molar-refractivity contribution in [2.24, 2.45) is 5.92 Å². The van der Waals surface area contributed by atoms with E-state index in [1.54, 1.807) is 12.1 Å². The molecule has 0 unspecified atom stereocenters. The number of pyridine rings is 1. The van der Waals surface area contributed by atoms with Crippen LogP contribution in [0.2, 0.25) is 0 Å². The van der Waals surface area contributed by atoms with Crippen molar-refractivity contribution in [2.45, 2.75) is 31.0 Å². The first-order valence-corrected chi connectivity index (χ1v) is 10.9. The van der Waals surface area contributed by atoms with Crippen molar-refractivity contribution in [3.05, 3.63) is 80.5 Å². The predicted octanol–water partition coefficient (Wildman–Crippen LogP) is 3.24. The van der Waals surface area contributed by atoms with Gasteiger partial charge in [0, 0.05) is 31.2 Å². The zero-order valence-corrected chi connectivity index (χ0v) is 19.2. The molecule has 0 spiro atoms. The Morgan fingerprint density at radius 3 is 2.54 bits per heavy atom. The van der Waals surface area contributed by atoms with Crippen LogP contribution in [0.15, 0.2) is 52.2 Å². The number of fused-ring (bicyclic) bond motifs is 1. The maximum Gasteiger partial charge on any atom is 0.416 e. The number of aryl methyl sites for hydroxylation is 1. The third kappa shape index (κ3) is 4.74. The first kappa shape index (κ1) is 25.1. The number of nitrogens with one attached hydrogen (secondary N) is 1. The lowest BCUT2D eigenvalue weighted by atomic mass is 9.94. The number of piperidine rings is 1. The van der Waals surface area contributed by atoms with E-state index in [9.17, 15) is 27.2 Å². The highest BCUT2D eigenvalue weighted by atomic mass is 35.5. The Labute approximate surface area is 203 Å². The van der Waals surface area contributed by atoms with Crippen molar-refractivity contribution >= 4 is 12.4 Å². The molecule has 0 radical (unpaired) electrons. The summed E-state index contributed by atoms with van der Waals surface area (Å²) in [7, 11) is 0. The predicted molar refractivity (Wildman–Crippen MR) is 122 cm³/mol. The highest BCUT2D eigenvalue weighted by Crippen LogP contribution is 2.59. The second-order valence-electron chi connectivity index (χ2n) is 8.89. The molecule has 1 saturated carbocycles. The first-order chi connectivity index (χ1) is 16.2. The molecule has 3 aromatic rings. The molecule has 0 bridgehead atoms. The Bertz CT molecular complexity index is 1340. The zero-order chi connectivity index (χ0) is 24.1. The number of rotatable bonds is 6. The number of alkyl halides is 3. The SMILES string of the molecule is Cl.O=c1[nH]c(=O)n(CCCN2C[C@@H]3C[C@]3(c3ccc(C(F)(F)F)cc3)C2)nc1-c1cccnc1F. The highest BCUT2D eigenvalue weighted by molar-refractivity contribution is 5.85. The Morgan fingerprint density at radius 1 is 1.11 bits per heavy atom. The molecule has 2 atom stereocenters. The average molecular weight is 512 g/mol. The Morgan fingerprint density at radius 2 is 1.86 bits per heavy atom. The van der Waals surface area contributed by atoms with Gasteiger partial charge in [-0.25, -0.2) is 14.5 Å². The van der Waals surface area contributed by atoms with Crippen molar-refractivity contribution in [1.82, 2.24) is 24.6 Å². The normalized spacial score (nSPS) is 21.4. The zero-order valence-electron chi connectivity index (χ0n) is 18.4. The molecule has 1 aromatic carbocycles. The van der Waals surface area contributed by atoms with E-state index in [0.717, 1.165) is 41.9 Å². The lowest BCUT2D eigenvalue weighted by Crippen LogP contribution is -2.35. The van der Waals surface area contributed by atoms with E-state index in [2.05, 4.69) is 20.0 Å². The van der Waals surface area contributed by atoms with E-state index in [1.807, 2.05) is 0 Å². The quantitative estimate of drug-likeness (QED) is 0.406. The first-order valence-electron chi connectivity index (χ1n) is 10.9. The minimum atomic E-state index is -4.35. The summed E-state index contributed by atoms with van der Waals surface area (Å²) in [5.41, 5.74) is -1.60. The van der Waals surface area contributed by atoms with Crippen LogP contribution in [0.5, 0.6) is 0 Å². The van der Waals surface area contributed by atoms with Gasteiger partial charge in [-0.2, -0.15) is 22.7 Å². The number of H-pyrrole nitrogens is 1. The molecule has 1 saturated heterocycles. The van der Waals surface area contributed by atoms with E-state index in [-0.39, 0.29) is 35.6 Å². The van der Waals surface area contributed by atoms with Crippen LogP contribution in [0.3, 0.4) is 0 Å². The summed E-state index contributed by atoms with van der Waals surface area (Å²) in [5.74, 6) is -0.450. The second-order valence-corrected chi connectivity index (χ2v) is 8.89. The number of halogens is 5. The smallest absolute Gasteiger partial charge is 0.302 e. The molecule has 35 heavy (non-hydrogen) atoms. The van der Waals surface area contributed by atoms with Gasteiger partial charge in [0.25, 0.3) is 5.56 Å². The topological polar surface area (TPSA) is 83.9 Å². The van der Waals surface area contributed by atoms with Crippen LogP contribution in [-0.4, -0.2) is 44.3 Å². The number of likely N-dealkylation sites (tertiary alicyclic amines) is 1. The van der Waals surface area contributed by atoms with Crippen LogP contribution in [0, 0.1) is 11.9 Å². The van der Waals surface area contributed by atoms with Crippen molar-refractivity contribution in [2.75, 3.05) is 19.6 Å². The van der Waals surface area contributed by atoms with Crippen LogP contribution in [-0.2, 0) is 18.1 Å². The number of aromatic amines is 1. The van der Waals surface area contributed by atoms with Gasteiger partial charge >= 0.3 is 11.9 Å². The van der Waals surface area contributed by atoms with Gasteiger partial charge < -0.3 is 4.90 Å². The molecule has 1 N–H and O–H groups in total. The molecular weight excluding hydrogens is 490 g/mol. The third-order valence-corrected chi connectivity index (χ3v) is 6.75.